The van der Waals surface area contributed by atoms with Crippen molar-refractivity contribution in [1.82, 2.24) is 4.90 Å². The molecule has 1 nitrogen and oxygen atoms in total. The SMILES string of the molecule is [CH2][C@H]1C[C@H]2CC(C)(C)CN2C1. The van der Waals surface area contributed by atoms with Crippen LogP contribution in [0.1, 0.15) is 26.7 Å². The quantitative estimate of drug-likeness (QED) is 0.513. The first-order valence-corrected chi connectivity index (χ1v) is 4.64. The van der Waals surface area contributed by atoms with E-state index in [0.717, 1.165) is 6.04 Å². The van der Waals surface area contributed by atoms with Crippen LogP contribution in [0.2, 0.25) is 0 Å². The maximum absolute atomic E-state index is 4.13. The van der Waals surface area contributed by atoms with Gasteiger partial charge in [-0.25, -0.2) is 0 Å². The first-order valence-electron chi connectivity index (χ1n) is 4.64. The second-order valence-corrected chi connectivity index (χ2v) is 5.05. The van der Waals surface area contributed by atoms with Crippen molar-refractivity contribution < 1.29 is 0 Å². The van der Waals surface area contributed by atoms with Gasteiger partial charge in [0.25, 0.3) is 0 Å². The van der Waals surface area contributed by atoms with Crippen LogP contribution in [0.4, 0.5) is 0 Å². The van der Waals surface area contributed by atoms with Gasteiger partial charge in [-0.1, -0.05) is 13.8 Å². The van der Waals surface area contributed by atoms with Crippen molar-refractivity contribution in [2.45, 2.75) is 32.7 Å². The molecule has 1 heteroatoms. The monoisotopic (exact) mass is 152 g/mol. The molecule has 0 N–H and O–H groups in total. The third-order valence-electron chi connectivity index (χ3n) is 3.03. The molecule has 1 radical (unpaired) electrons. The zero-order valence-corrected chi connectivity index (χ0v) is 7.64. The molecule has 0 spiro atoms. The largest absolute Gasteiger partial charge is 0.300 e. The Labute approximate surface area is 69.8 Å². The van der Waals surface area contributed by atoms with Crippen molar-refractivity contribution in [3.8, 4) is 0 Å². The van der Waals surface area contributed by atoms with Crippen LogP contribution in [0.25, 0.3) is 0 Å². The predicted octanol–water partition coefficient (Wildman–Crippen LogP) is 1.94. The van der Waals surface area contributed by atoms with Crippen LogP contribution in [0.3, 0.4) is 0 Å². The molecular weight excluding hydrogens is 134 g/mol. The Balaban J connectivity index is 2.04. The maximum atomic E-state index is 4.13. The molecule has 2 heterocycles. The summed E-state index contributed by atoms with van der Waals surface area (Å²) in [5.41, 5.74) is 0.574. The lowest BCUT2D eigenvalue weighted by Gasteiger charge is -2.18. The van der Waals surface area contributed by atoms with Gasteiger partial charge in [-0.15, -0.1) is 0 Å². The van der Waals surface area contributed by atoms with Crippen molar-refractivity contribution in [3.63, 3.8) is 0 Å². The van der Waals surface area contributed by atoms with Crippen molar-refractivity contribution in [3.05, 3.63) is 6.92 Å². The summed E-state index contributed by atoms with van der Waals surface area (Å²) in [5.74, 6) is 0.705. The molecule has 11 heavy (non-hydrogen) atoms. The first kappa shape index (κ1) is 7.60. The topological polar surface area (TPSA) is 3.24 Å². The molecule has 0 aromatic rings. The molecule has 2 aliphatic rings. The molecule has 63 valence electrons. The van der Waals surface area contributed by atoms with E-state index >= 15 is 0 Å². The third kappa shape index (κ3) is 1.31. The highest BCUT2D eigenvalue weighted by molar-refractivity contribution is 4.97. The van der Waals surface area contributed by atoms with Crippen molar-refractivity contribution in [2.75, 3.05) is 13.1 Å². The molecule has 2 atom stereocenters. The lowest BCUT2D eigenvalue weighted by atomic mass is 9.88. The molecule has 0 aliphatic carbocycles. The van der Waals surface area contributed by atoms with Gasteiger partial charge in [0.1, 0.15) is 0 Å². The van der Waals surface area contributed by atoms with Crippen LogP contribution in [-0.2, 0) is 0 Å². The van der Waals surface area contributed by atoms with Crippen LogP contribution >= 0.6 is 0 Å². The Bertz CT molecular complexity index is 146. The molecule has 0 aromatic carbocycles. The van der Waals surface area contributed by atoms with Crippen LogP contribution in [0.15, 0.2) is 0 Å². The fourth-order valence-corrected chi connectivity index (χ4v) is 2.75. The molecule has 0 aromatic heterocycles. The van der Waals surface area contributed by atoms with Crippen LogP contribution in [0, 0.1) is 18.3 Å². The van der Waals surface area contributed by atoms with Crippen molar-refractivity contribution >= 4 is 0 Å². The number of nitrogens with zero attached hydrogens (tertiary/aromatic N) is 1. The standard InChI is InChI=1S/C10H18N/c1-8-4-9-5-10(2,3)7-11(9)6-8/h8-9H,1,4-7H2,2-3H3/t8-,9-/m0/s1. The summed E-state index contributed by atoms with van der Waals surface area (Å²) >= 11 is 0. The summed E-state index contributed by atoms with van der Waals surface area (Å²) in [5, 5.41) is 0. The van der Waals surface area contributed by atoms with Gasteiger partial charge in [0.05, 0.1) is 0 Å². The average Bonchev–Trinajstić information content (AvgIpc) is 2.17. The van der Waals surface area contributed by atoms with Gasteiger partial charge in [0.15, 0.2) is 0 Å². The fourth-order valence-electron chi connectivity index (χ4n) is 2.75. The van der Waals surface area contributed by atoms with Gasteiger partial charge < -0.3 is 0 Å². The maximum Gasteiger partial charge on any atom is 0.0104 e. The lowest BCUT2D eigenvalue weighted by molar-refractivity contribution is 0.289. The zero-order valence-electron chi connectivity index (χ0n) is 7.64. The first-order chi connectivity index (χ1) is 5.07. The van der Waals surface area contributed by atoms with Gasteiger partial charge in [-0.2, -0.15) is 0 Å². The van der Waals surface area contributed by atoms with Crippen LogP contribution < -0.4 is 0 Å². The summed E-state index contributed by atoms with van der Waals surface area (Å²) in [7, 11) is 0. The molecule has 0 unspecified atom stereocenters. The Kier molecular flexibility index (Phi) is 1.54. The minimum atomic E-state index is 0.574. The summed E-state index contributed by atoms with van der Waals surface area (Å²) in [6.45, 7) is 11.4. The number of hydrogen-bond donors (Lipinski definition) is 0. The van der Waals surface area contributed by atoms with Gasteiger partial charge in [0.2, 0.25) is 0 Å². The highest BCUT2D eigenvalue weighted by Crippen LogP contribution is 2.40. The van der Waals surface area contributed by atoms with E-state index in [1.54, 1.807) is 0 Å². The minimum absolute atomic E-state index is 0.574. The van der Waals surface area contributed by atoms with E-state index in [1.807, 2.05) is 0 Å². The van der Waals surface area contributed by atoms with Gasteiger partial charge in [0, 0.05) is 19.1 Å². The van der Waals surface area contributed by atoms with E-state index in [1.165, 1.54) is 25.9 Å². The van der Waals surface area contributed by atoms with Gasteiger partial charge >= 0.3 is 0 Å². The molecule has 2 saturated heterocycles. The van der Waals surface area contributed by atoms with Crippen LogP contribution in [-0.4, -0.2) is 24.0 Å². The summed E-state index contributed by atoms with van der Waals surface area (Å²) in [6, 6.07) is 0.868. The smallest absolute Gasteiger partial charge is 0.0104 e. The van der Waals surface area contributed by atoms with E-state index in [2.05, 4.69) is 25.7 Å². The highest BCUT2D eigenvalue weighted by Gasteiger charge is 2.41. The fraction of sp³-hybridized carbons (Fsp3) is 0.900. The molecule has 0 bridgehead atoms. The van der Waals surface area contributed by atoms with E-state index in [4.69, 9.17) is 0 Å². The lowest BCUT2D eigenvalue weighted by Crippen LogP contribution is -2.24. The second-order valence-electron chi connectivity index (χ2n) is 5.05. The Morgan fingerprint density at radius 1 is 1.45 bits per heavy atom. The van der Waals surface area contributed by atoms with Gasteiger partial charge in [-0.05, 0) is 31.1 Å². The zero-order chi connectivity index (χ0) is 8.06. The van der Waals surface area contributed by atoms with E-state index < -0.39 is 0 Å². The molecule has 2 aliphatic heterocycles. The molecule has 2 fully saturated rings. The summed E-state index contributed by atoms with van der Waals surface area (Å²) in [4.78, 5) is 2.62. The van der Waals surface area contributed by atoms with Crippen molar-refractivity contribution in [1.29, 1.82) is 0 Å². The van der Waals surface area contributed by atoms with E-state index in [9.17, 15) is 0 Å². The predicted molar refractivity (Wildman–Crippen MR) is 47.2 cm³/mol. The summed E-state index contributed by atoms with van der Waals surface area (Å²) in [6.07, 6.45) is 2.72. The Morgan fingerprint density at radius 3 is 2.82 bits per heavy atom. The highest BCUT2D eigenvalue weighted by atomic mass is 15.2. The molecule has 2 rings (SSSR count). The van der Waals surface area contributed by atoms with Gasteiger partial charge in [-0.3, -0.25) is 4.90 Å². The Hall–Kier alpha value is -0.0400. The minimum Gasteiger partial charge on any atom is -0.300 e. The van der Waals surface area contributed by atoms with Crippen molar-refractivity contribution in [2.24, 2.45) is 11.3 Å². The number of hydrogen-bond acceptors (Lipinski definition) is 1. The van der Waals surface area contributed by atoms with E-state index in [0.29, 0.717) is 11.3 Å². The number of rotatable bonds is 0. The Morgan fingerprint density at radius 2 is 2.18 bits per heavy atom. The molecular formula is C10H18N. The van der Waals surface area contributed by atoms with Crippen LogP contribution in [0.5, 0.6) is 0 Å². The molecule has 0 saturated carbocycles. The third-order valence-corrected chi connectivity index (χ3v) is 3.03. The average molecular weight is 152 g/mol. The molecule has 0 amide bonds. The van der Waals surface area contributed by atoms with E-state index in [-0.39, 0.29) is 0 Å². The normalized spacial score (nSPS) is 42.8. The summed E-state index contributed by atoms with van der Waals surface area (Å²) < 4.78 is 0. The number of fused-ring (bicyclic) bond motifs is 1. The second kappa shape index (κ2) is 2.22.